The summed E-state index contributed by atoms with van der Waals surface area (Å²) in [4.78, 5) is 12.8. The van der Waals surface area contributed by atoms with Gasteiger partial charge in [0.05, 0.1) is 0 Å². The van der Waals surface area contributed by atoms with Crippen molar-refractivity contribution in [1.29, 1.82) is 0 Å². The number of carboxylic acids is 1. The van der Waals surface area contributed by atoms with Gasteiger partial charge in [-0.3, -0.25) is 0 Å². The zero-order valence-electron chi connectivity index (χ0n) is 9.68. The van der Waals surface area contributed by atoms with Gasteiger partial charge >= 0.3 is 5.97 Å². The van der Waals surface area contributed by atoms with Crippen LogP contribution < -0.4 is 0 Å². The summed E-state index contributed by atoms with van der Waals surface area (Å²) in [5.41, 5.74) is 1.46. The first-order valence-corrected chi connectivity index (χ1v) is 6.95. The Labute approximate surface area is 118 Å². The van der Waals surface area contributed by atoms with E-state index in [-0.39, 0.29) is 0 Å². The fourth-order valence-electron chi connectivity index (χ4n) is 1.51. The third-order valence-corrected chi connectivity index (χ3v) is 4.22. The van der Waals surface area contributed by atoms with Crippen molar-refractivity contribution >= 4 is 39.3 Å². The van der Waals surface area contributed by atoms with E-state index < -0.39 is 5.97 Å². The highest BCUT2D eigenvalue weighted by atomic mass is 79.9. The Balaban J connectivity index is 2.35. The predicted molar refractivity (Wildman–Crippen MR) is 78.7 cm³/mol. The highest BCUT2D eigenvalue weighted by Crippen LogP contribution is 2.34. The lowest BCUT2D eigenvalue weighted by Gasteiger charge is -1.99. The van der Waals surface area contributed by atoms with Crippen molar-refractivity contribution in [3.05, 3.63) is 51.3 Å². The molecule has 0 amide bonds. The van der Waals surface area contributed by atoms with Crippen LogP contribution in [-0.2, 0) is 4.79 Å². The van der Waals surface area contributed by atoms with E-state index in [2.05, 4.69) is 15.9 Å². The summed E-state index contributed by atoms with van der Waals surface area (Å²) >= 11 is 5.09. The molecule has 1 aromatic heterocycles. The molecule has 0 fully saturated rings. The maximum atomic E-state index is 10.8. The first-order chi connectivity index (χ1) is 8.58. The van der Waals surface area contributed by atoms with Gasteiger partial charge in [0.2, 0.25) is 0 Å². The number of carboxylic acid groups (broad SMARTS) is 1. The molecule has 2 nitrogen and oxygen atoms in total. The van der Waals surface area contributed by atoms with E-state index in [0.29, 0.717) is 5.57 Å². The number of benzene rings is 1. The smallest absolute Gasteiger partial charge is 0.331 e. The highest BCUT2D eigenvalue weighted by molar-refractivity contribution is 9.10. The second-order valence-electron chi connectivity index (χ2n) is 3.81. The molecule has 0 aliphatic rings. The highest BCUT2D eigenvalue weighted by Gasteiger charge is 2.06. The minimum absolute atomic E-state index is 0.343. The van der Waals surface area contributed by atoms with Crippen LogP contribution in [0.2, 0.25) is 0 Å². The van der Waals surface area contributed by atoms with Gasteiger partial charge in [-0.05, 0) is 31.2 Å². The summed E-state index contributed by atoms with van der Waals surface area (Å²) in [6.07, 6.45) is 1.69. The van der Waals surface area contributed by atoms with Crippen LogP contribution in [0.25, 0.3) is 16.5 Å². The summed E-state index contributed by atoms with van der Waals surface area (Å²) < 4.78 is 1.04. The van der Waals surface area contributed by atoms with Gasteiger partial charge < -0.3 is 5.11 Å². The van der Waals surface area contributed by atoms with Crippen molar-refractivity contribution in [2.24, 2.45) is 0 Å². The maximum absolute atomic E-state index is 10.8. The second kappa shape index (κ2) is 5.50. The first-order valence-electron chi connectivity index (χ1n) is 5.34. The fraction of sp³-hybridized carbons (Fsp3) is 0.0714. The molecular formula is C14H11BrO2S. The second-order valence-corrected chi connectivity index (χ2v) is 5.78. The molecule has 0 aliphatic heterocycles. The molecule has 0 unspecified atom stereocenters. The van der Waals surface area contributed by atoms with Crippen LogP contribution in [0.4, 0.5) is 0 Å². The monoisotopic (exact) mass is 322 g/mol. The lowest BCUT2D eigenvalue weighted by molar-refractivity contribution is -0.132. The molecule has 0 aliphatic carbocycles. The van der Waals surface area contributed by atoms with Crippen LogP contribution in [-0.4, -0.2) is 11.1 Å². The minimum Gasteiger partial charge on any atom is -0.478 e. The number of halogens is 1. The Bertz CT molecular complexity index is 614. The Morgan fingerprint density at radius 3 is 2.67 bits per heavy atom. The predicted octanol–water partition coefficient (Wildman–Crippen LogP) is 4.67. The molecule has 0 saturated carbocycles. The summed E-state index contributed by atoms with van der Waals surface area (Å²) in [5.74, 6) is -0.883. The van der Waals surface area contributed by atoms with Crippen LogP contribution in [0.15, 0.2) is 46.4 Å². The molecule has 4 heteroatoms. The average Bonchev–Trinajstić information content (AvgIpc) is 2.77. The fourth-order valence-corrected chi connectivity index (χ4v) is 3.19. The Kier molecular flexibility index (Phi) is 3.99. The Hall–Kier alpha value is -1.39. The van der Waals surface area contributed by atoms with E-state index in [1.165, 1.54) is 0 Å². The molecule has 0 spiro atoms. The molecule has 2 aromatic rings. The van der Waals surface area contributed by atoms with Crippen molar-refractivity contribution in [2.45, 2.75) is 6.92 Å². The number of hydrogen-bond donors (Lipinski definition) is 1. The number of rotatable bonds is 3. The summed E-state index contributed by atoms with van der Waals surface area (Å²) in [6.45, 7) is 1.60. The van der Waals surface area contributed by atoms with E-state index >= 15 is 0 Å². The summed E-state index contributed by atoms with van der Waals surface area (Å²) in [5, 5.41) is 8.84. The lowest BCUT2D eigenvalue weighted by Crippen LogP contribution is -1.94. The molecule has 0 radical (unpaired) electrons. The number of hydrogen-bond acceptors (Lipinski definition) is 2. The van der Waals surface area contributed by atoms with Gasteiger partial charge in [0.15, 0.2) is 0 Å². The molecule has 1 aromatic carbocycles. The summed E-state index contributed by atoms with van der Waals surface area (Å²) in [6, 6.07) is 11.9. The normalized spacial score (nSPS) is 11.6. The molecule has 2 rings (SSSR count). The molecule has 1 heterocycles. The standard InChI is InChI=1S/C14H11BrO2S/c1-9(14(16)17)8-10-6-7-13(18-10)11-4-2-3-5-12(11)15/h2-8H,1H3,(H,16,17). The zero-order valence-corrected chi connectivity index (χ0v) is 12.1. The topological polar surface area (TPSA) is 37.3 Å². The lowest BCUT2D eigenvalue weighted by atomic mass is 10.2. The third kappa shape index (κ3) is 2.89. The molecule has 0 bridgehead atoms. The number of carbonyl (C=O) groups is 1. The van der Waals surface area contributed by atoms with Crippen LogP contribution in [0.5, 0.6) is 0 Å². The van der Waals surface area contributed by atoms with Gasteiger partial charge in [0, 0.05) is 25.4 Å². The Morgan fingerprint density at radius 2 is 2.00 bits per heavy atom. The van der Waals surface area contributed by atoms with Gasteiger partial charge in [-0.2, -0.15) is 0 Å². The minimum atomic E-state index is -0.883. The van der Waals surface area contributed by atoms with Crippen molar-refractivity contribution < 1.29 is 9.90 Å². The Morgan fingerprint density at radius 1 is 1.28 bits per heavy atom. The molecule has 92 valence electrons. The quantitative estimate of drug-likeness (QED) is 0.834. The van der Waals surface area contributed by atoms with Crippen LogP contribution >= 0.6 is 27.3 Å². The van der Waals surface area contributed by atoms with Crippen molar-refractivity contribution in [3.63, 3.8) is 0 Å². The number of thiophene rings is 1. The molecule has 1 N–H and O–H groups in total. The molecule has 0 saturated heterocycles. The van der Waals surface area contributed by atoms with Crippen LogP contribution in [0.1, 0.15) is 11.8 Å². The van der Waals surface area contributed by atoms with E-state index in [0.717, 1.165) is 19.8 Å². The number of aliphatic carboxylic acids is 1. The first kappa shape index (κ1) is 13.1. The van der Waals surface area contributed by atoms with E-state index in [4.69, 9.17) is 5.11 Å². The van der Waals surface area contributed by atoms with Gasteiger partial charge in [-0.15, -0.1) is 11.3 Å². The van der Waals surface area contributed by atoms with Gasteiger partial charge in [-0.25, -0.2) is 4.79 Å². The molecule has 18 heavy (non-hydrogen) atoms. The van der Waals surface area contributed by atoms with Crippen molar-refractivity contribution in [1.82, 2.24) is 0 Å². The largest absolute Gasteiger partial charge is 0.478 e. The SMILES string of the molecule is CC(=Cc1ccc(-c2ccccc2Br)s1)C(=O)O. The summed E-state index contributed by atoms with van der Waals surface area (Å²) in [7, 11) is 0. The average molecular weight is 323 g/mol. The van der Waals surface area contributed by atoms with Crippen LogP contribution in [0, 0.1) is 0 Å². The third-order valence-electron chi connectivity index (χ3n) is 2.46. The van der Waals surface area contributed by atoms with Gasteiger partial charge in [0.1, 0.15) is 0 Å². The van der Waals surface area contributed by atoms with E-state index in [1.54, 1.807) is 24.3 Å². The van der Waals surface area contributed by atoms with Crippen molar-refractivity contribution in [2.75, 3.05) is 0 Å². The molecule has 0 atom stereocenters. The maximum Gasteiger partial charge on any atom is 0.331 e. The van der Waals surface area contributed by atoms with Gasteiger partial charge in [-0.1, -0.05) is 34.1 Å². The molecular weight excluding hydrogens is 312 g/mol. The van der Waals surface area contributed by atoms with Gasteiger partial charge in [0.25, 0.3) is 0 Å². The van der Waals surface area contributed by atoms with E-state index in [1.807, 2.05) is 36.4 Å². The van der Waals surface area contributed by atoms with Crippen molar-refractivity contribution in [3.8, 4) is 10.4 Å². The van der Waals surface area contributed by atoms with Crippen LogP contribution in [0.3, 0.4) is 0 Å². The van der Waals surface area contributed by atoms with E-state index in [9.17, 15) is 4.79 Å². The zero-order chi connectivity index (χ0) is 13.1.